The number of nitrogens with zero attached hydrogens (tertiary/aromatic N) is 1. The quantitative estimate of drug-likeness (QED) is 0.669. The molecule has 0 spiro atoms. The van der Waals surface area contributed by atoms with Gasteiger partial charge in [-0.05, 0) is 26.7 Å². The topological polar surface area (TPSA) is 33.7 Å². The first kappa shape index (κ1) is 15.9. The number of ether oxygens (including phenoxy) is 2. The monoisotopic (exact) mass is 258 g/mol. The van der Waals surface area contributed by atoms with Crippen LogP contribution < -0.4 is 5.32 Å². The Morgan fingerprint density at radius 1 is 1.28 bits per heavy atom. The Balaban J connectivity index is 2.21. The third-order valence-corrected chi connectivity index (χ3v) is 3.76. The fraction of sp³-hybridized carbons (Fsp3) is 1.00. The zero-order chi connectivity index (χ0) is 13.4. The van der Waals surface area contributed by atoms with Gasteiger partial charge in [0.15, 0.2) is 0 Å². The molecule has 0 aromatic rings. The number of rotatable bonds is 8. The summed E-state index contributed by atoms with van der Waals surface area (Å²) >= 11 is 0. The molecule has 1 unspecified atom stereocenters. The minimum atomic E-state index is 0.238. The van der Waals surface area contributed by atoms with E-state index >= 15 is 0 Å². The minimum Gasteiger partial charge on any atom is -0.385 e. The number of methoxy groups -OCH3 is 1. The summed E-state index contributed by atoms with van der Waals surface area (Å²) in [5.41, 5.74) is 0.238. The lowest BCUT2D eigenvalue weighted by atomic mass is 9.96. The Morgan fingerprint density at radius 2 is 2.06 bits per heavy atom. The van der Waals surface area contributed by atoms with E-state index in [0.29, 0.717) is 6.04 Å². The van der Waals surface area contributed by atoms with Crippen LogP contribution in [0.2, 0.25) is 0 Å². The van der Waals surface area contributed by atoms with E-state index in [9.17, 15) is 0 Å². The van der Waals surface area contributed by atoms with Crippen molar-refractivity contribution in [1.29, 1.82) is 0 Å². The molecule has 1 heterocycles. The molecule has 0 saturated carbocycles. The van der Waals surface area contributed by atoms with Crippen LogP contribution in [0.25, 0.3) is 0 Å². The minimum absolute atomic E-state index is 0.238. The molecule has 0 aromatic heterocycles. The summed E-state index contributed by atoms with van der Waals surface area (Å²) < 4.78 is 10.7. The van der Waals surface area contributed by atoms with Crippen molar-refractivity contribution in [3.8, 4) is 0 Å². The summed E-state index contributed by atoms with van der Waals surface area (Å²) in [7, 11) is 1.73. The Kier molecular flexibility index (Phi) is 7.15. The van der Waals surface area contributed by atoms with Gasteiger partial charge in [-0.15, -0.1) is 0 Å². The summed E-state index contributed by atoms with van der Waals surface area (Å²) in [4.78, 5) is 2.55. The highest BCUT2D eigenvalue weighted by atomic mass is 16.5. The molecule has 1 aliphatic heterocycles. The van der Waals surface area contributed by atoms with Gasteiger partial charge in [0, 0.05) is 51.5 Å². The second kappa shape index (κ2) is 8.10. The fourth-order valence-electron chi connectivity index (χ4n) is 2.33. The molecule has 1 N–H and O–H groups in total. The zero-order valence-electron chi connectivity index (χ0n) is 12.5. The maximum Gasteiger partial charge on any atom is 0.0593 e. The van der Waals surface area contributed by atoms with Gasteiger partial charge in [0.1, 0.15) is 0 Å². The summed E-state index contributed by atoms with van der Waals surface area (Å²) in [6.07, 6.45) is 2.18. The number of hydrogen-bond acceptors (Lipinski definition) is 4. The third kappa shape index (κ3) is 5.22. The average Bonchev–Trinajstić information content (AvgIpc) is 2.35. The van der Waals surface area contributed by atoms with Gasteiger partial charge in [-0.25, -0.2) is 0 Å². The van der Waals surface area contributed by atoms with Crippen LogP contribution >= 0.6 is 0 Å². The molecular weight excluding hydrogens is 228 g/mol. The predicted molar refractivity (Wildman–Crippen MR) is 75.0 cm³/mol. The summed E-state index contributed by atoms with van der Waals surface area (Å²) in [6.45, 7) is 12.5. The van der Waals surface area contributed by atoms with E-state index in [1.807, 2.05) is 0 Å². The smallest absolute Gasteiger partial charge is 0.0593 e. The molecule has 4 nitrogen and oxygen atoms in total. The molecule has 1 aliphatic rings. The van der Waals surface area contributed by atoms with Crippen molar-refractivity contribution in [3.63, 3.8) is 0 Å². The molecule has 0 radical (unpaired) electrons. The summed E-state index contributed by atoms with van der Waals surface area (Å²) in [6, 6.07) is 0.631. The lowest BCUT2D eigenvalue weighted by Gasteiger charge is -2.46. The van der Waals surface area contributed by atoms with Crippen molar-refractivity contribution < 1.29 is 9.47 Å². The van der Waals surface area contributed by atoms with Crippen molar-refractivity contribution in [2.75, 3.05) is 46.6 Å². The first-order chi connectivity index (χ1) is 8.60. The van der Waals surface area contributed by atoms with Gasteiger partial charge in [0.05, 0.1) is 6.61 Å². The van der Waals surface area contributed by atoms with Crippen molar-refractivity contribution in [1.82, 2.24) is 10.2 Å². The second-order valence-corrected chi connectivity index (χ2v) is 5.70. The molecule has 0 aliphatic carbocycles. The largest absolute Gasteiger partial charge is 0.385 e. The Labute approximate surface area is 112 Å². The lowest BCUT2D eigenvalue weighted by molar-refractivity contribution is 0.0242. The van der Waals surface area contributed by atoms with Crippen LogP contribution in [0, 0.1) is 0 Å². The SMILES string of the molecule is CCC1CN(CCOCCCOC)C(C)(C)CN1. The predicted octanol–water partition coefficient (Wildman–Crippen LogP) is 1.50. The van der Waals surface area contributed by atoms with Crippen LogP contribution in [0.1, 0.15) is 33.6 Å². The zero-order valence-corrected chi connectivity index (χ0v) is 12.5. The standard InChI is InChI=1S/C14H30N2O2/c1-5-13-11-16(14(2,3)12-15-13)7-10-18-9-6-8-17-4/h13,15H,5-12H2,1-4H3. The van der Waals surface area contributed by atoms with E-state index < -0.39 is 0 Å². The molecular formula is C14H30N2O2. The van der Waals surface area contributed by atoms with Gasteiger partial charge >= 0.3 is 0 Å². The molecule has 0 bridgehead atoms. The molecule has 0 amide bonds. The molecule has 1 saturated heterocycles. The molecule has 1 atom stereocenters. The maximum absolute atomic E-state index is 5.66. The van der Waals surface area contributed by atoms with Crippen LogP contribution in [0.5, 0.6) is 0 Å². The molecule has 0 aromatic carbocycles. The van der Waals surface area contributed by atoms with Gasteiger partial charge < -0.3 is 14.8 Å². The fourth-order valence-corrected chi connectivity index (χ4v) is 2.33. The van der Waals surface area contributed by atoms with E-state index in [2.05, 4.69) is 31.0 Å². The summed E-state index contributed by atoms with van der Waals surface area (Å²) in [5.74, 6) is 0. The Hall–Kier alpha value is -0.160. The number of nitrogens with one attached hydrogen (secondary N) is 1. The van der Waals surface area contributed by atoms with Gasteiger partial charge in [-0.2, -0.15) is 0 Å². The van der Waals surface area contributed by atoms with E-state index in [0.717, 1.165) is 45.9 Å². The van der Waals surface area contributed by atoms with Gasteiger partial charge in [0.2, 0.25) is 0 Å². The lowest BCUT2D eigenvalue weighted by Crippen LogP contribution is -2.62. The number of hydrogen-bond donors (Lipinski definition) is 1. The van der Waals surface area contributed by atoms with E-state index in [4.69, 9.17) is 9.47 Å². The Morgan fingerprint density at radius 3 is 2.72 bits per heavy atom. The van der Waals surface area contributed by atoms with Gasteiger partial charge in [-0.3, -0.25) is 4.90 Å². The first-order valence-electron chi connectivity index (χ1n) is 7.15. The molecule has 4 heteroatoms. The normalized spacial score (nSPS) is 24.3. The van der Waals surface area contributed by atoms with Crippen molar-refractivity contribution >= 4 is 0 Å². The van der Waals surface area contributed by atoms with Crippen molar-refractivity contribution in [3.05, 3.63) is 0 Å². The van der Waals surface area contributed by atoms with Crippen LogP contribution in [0.15, 0.2) is 0 Å². The molecule has 18 heavy (non-hydrogen) atoms. The summed E-state index contributed by atoms with van der Waals surface area (Å²) in [5, 5.41) is 3.61. The number of piperazine rings is 1. The van der Waals surface area contributed by atoms with Crippen LogP contribution in [-0.2, 0) is 9.47 Å². The highest BCUT2D eigenvalue weighted by Gasteiger charge is 2.32. The highest BCUT2D eigenvalue weighted by molar-refractivity contribution is 4.92. The van der Waals surface area contributed by atoms with E-state index in [1.54, 1.807) is 7.11 Å². The van der Waals surface area contributed by atoms with Crippen LogP contribution in [0.3, 0.4) is 0 Å². The average molecular weight is 258 g/mol. The molecule has 1 fully saturated rings. The van der Waals surface area contributed by atoms with Crippen LogP contribution in [0.4, 0.5) is 0 Å². The highest BCUT2D eigenvalue weighted by Crippen LogP contribution is 2.18. The second-order valence-electron chi connectivity index (χ2n) is 5.70. The van der Waals surface area contributed by atoms with E-state index in [-0.39, 0.29) is 5.54 Å². The van der Waals surface area contributed by atoms with Gasteiger partial charge in [0.25, 0.3) is 0 Å². The molecule has 1 rings (SSSR count). The Bertz CT molecular complexity index is 222. The van der Waals surface area contributed by atoms with Crippen LogP contribution in [-0.4, -0.2) is 63.0 Å². The van der Waals surface area contributed by atoms with E-state index in [1.165, 1.54) is 6.42 Å². The van der Waals surface area contributed by atoms with Gasteiger partial charge in [-0.1, -0.05) is 6.92 Å². The van der Waals surface area contributed by atoms with Crippen molar-refractivity contribution in [2.24, 2.45) is 0 Å². The molecule has 108 valence electrons. The maximum atomic E-state index is 5.66. The van der Waals surface area contributed by atoms with Crippen molar-refractivity contribution in [2.45, 2.75) is 45.2 Å². The third-order valence-electron chi connectivity index (χ3n) is 3.76. The first-order valence-corrected chi connectivity index (χ1v) is 7.15.